The van der Waals surface area contributed by atoms with E-state index in [2.05, 4.69) is 100 Å². The molecule has 1 saturated carbocycles. The van der Waals surface area contributed by atoms with Gasteiger partial charge in [-0.2, -0.15) is 4.79 Å². The van der Waals surface area contributed by atoms with Crippen molar-refractivity contribution in [3.63, 3.8) is 0 Å². The summed E-state index contributed by atoms with van der Waals surface area (Å²) in [6.45, 7) is 32.6. The first kappa shape index (κ1) is 40.0. The molecule has 1 aliphatic heterocycles. The maximum atomic E-state index is 15.2. The summed E-state index contributed by atoms with van der Waals surface area (Å²) < 4.78 is 33.0. The highest BCUT2D eigenvalue weighted by Gasteiger charge is 2.70. The van der Waals surface area contributed by atoms with Gasteiger partial charge in [-0.05, 0) is 54.0 Å². The minimum Gasteiger partial charge on any atom is -0.457 e. The average molecular weight is 693 g/mol. The summed E-state index contributed by atoms with van der Waals surface area (Å²) in [7, 11) is -4.92. The Hall–Kier alpha value is -1.47. The Bertz CT molecular complexity index is 1180. The number of ketones is 1. The third kappa shape index (κ3) is 6.72. The monoisotopic (exact) mass is 692 g/mol. The van der Waals surface area contributed by atoms with E-state index in [1.54, 1.807) is 6.92 Å². The molecule has 0 aromatic heterocycles. The van der Waals surface area contributed by atoms with Gasteiger partial charge in [0.2, 0.25) is 0 Å². The van der Waals surface area contributed by atoms with Gasteiger partial charge in [0.05, 0.1) is 24.2 Å². The number of nitrogens with zero attached hydrogens (tertiary/aromatic N) is 2. The fraction of sp³-hybridized carbons (Fsp3) is 0.861. The number of carbonyl (C=O) groups excluding carboxylic acids is 2. The second-order valence-corrected chi connectivity index (χ2v) is 27.4. The Balaban J connectivity index is 2.34. The van der Waals surface area contributed by atoms with Crippen molar-refractivity contribution in [2.45, 2.75) is 155 Å². The normalized spacial score (nSPS) is 28.6. The smallest absolute Gasteiger partial charge is 0.442 e. The number of rotatable bonds is 16. The van der Waals surface area contributed by atoms with Crippen LogP contribution in [0.2, 0.25) is 33.2 Å². The summed E-state index contributed by atoms with van der Waals surface area (Å²) in [5.74, 6) is -3.60. The Labute approximate surface area is 286 Å². The van der Waals surface area contributed by atoms with E-state index in [9.17, 15) is 10.3 Å². The molecule has 0 N–H and O–H groups in total. The van der Waals surface area contributed by atoms with Crippen molar-refractivity contribution in [2.24, 2.45) is 23.2 Å². The van der Waals surface area contributed by atoms with E-state index in [0.29, 0.717) is 16.6 Å². The molecule has 0 aromatic rings. The topological polar surface area (TPSA) is 117 Å². The third-order valence-corrected chi connectivity index (χ3v) is 24.0. The Morgan fingerprint density at radius 1 is 0.787 bits per heavy atom. The number of esters is 1. The van der Waals surface area contributed by atoms with Crippen LogP contribution in [0.4, 0.5) is 0 Å². The lowest BCUT2D eigenvalue weighted by Crippen LogP contribution is -2.68. The molecule has 47 heavy (non-hydrogen) atoms. The second-order valence-electron chi connectivity index (χ2n) is 16.4. The SMILES string of the molecule is CCOC(=O)C(=[N+]=[N-])C(=O)C1(CO[Si](C(C)C)(C(C)C)C(C)C)C2C=CC(C3OC(C)(C)OC32)C1CO[Si](C(C)C)(C(C)C)C(C)C. The zero-order chi connectivity index (χ0) is 35.9. The molecule has 3 aliphatic carbocycles. The number of hydrogen-bond acceptors (Lipinski definition) is 7. The predicted molar refractivity (Wildman–Crippen MR) is 190 cm³/mol. The minimum atomic E-state index is -2.52. The van der Waals surface area contributed by atoms with Crippen molar-refractivity contribution in [3.8, 4) is 0 Å². The van der Waals surface area contributed by atoms with Crippen LogP contribution in [0, 0.1) is 23.2 Å². The molecule has 268 valence electrons. The largest absolute Gasteiger partial charge is 0.457 e. The molecule has 1 heterocycles. The van der Waals surface area contributed by atoms with E-state index in [1.807, 2.05) is 13.8 Å². The van der Waals surface area contributed by atoms with Gasteiger partial charge in [-0.1, -0.05) is 95.2 Å². The van der Waals surface area contributed by atoms with Crippen molar-refractivity contribution in [2.75, 3.05) is 19.8 Å². The van der Waals surface area contributed by atoms with Crippen LogP contribution in [-0.2, 0) is 32.7 Å². The number of ether oxygens (including phenoxy) is 3. The van der Waals surface area contributed by atoms with Gasteiger partial charge < -0.3 is 28.6 Å². The fourth-order valence-electron chi connectivity index (χ4n) is 10.2. The van der Waals surface area contributed by atoms with E-state index in [-0.39, 0.29) is 48.5 Å². The summed E-state index contributed by atoms with van der Waals surface area (Å²) in [6, 6.07) is 0. The van der Waals surface area contributed by atoms with Gasteiger partial charge in [-0.25, -0.2) is 4.79 Å². The fourth-order valence-corrected chi connectivity index (χ4v) is 21.2. The molecule has 2 bridgehead atoms. The molecule has 4 aliphatic rings. The standard InChI is InChI=1S/C36H64N2O7Si2/c1-16-41-34(40)30(38-37)33(39)36(20-43-47(24(8)9,25(10)11)26(12)13)28-18-17-27(31-32(28)45-35(14,15)44-31)29(36)19-42-46(21(2)3,22(4)5)23(6)7/h17-18,21-29,31-32H,16,19-20H2,1-15H3. The summed E-state index contributed by atoms with van der Waals surface area (Å²) in [6.07, 6.45) is 3.44. The average Bonchev–Trinajstić information content (AvgIpc) is 3.29. The lowest BCUT2D eigenvalue weighted by atomic mass is 9.49. The van der Waals surface area contributed by atoms with Crippen molar-refractivity contribution in [3.05, 3.63) is 17.7 Å². The first-order chi connectivity index (χ1) is 21.7. The van der Waals surface area contributed by atoms with Crippen LogP contribution in [0.3, 0.4) is 0 Å². The van der Waals surface area contributed by atoms with Gasteiger partial charge in [-0.3, -0.25) is 4.79 Å². The molecule has 0 aromatic carbocycles. The molecule has 4 rings (SSSR count). The highest BCUT2D eigenvalue weighted by atomic mass is 28.4. The van der Waals surface area contributed by atoms with Gasteiger partial charge in [0.1, 0.15) is 0 Å². The van der Waals surface area contributed by atoms with Crippen LogP contribution in [0.15, 0.2) is 12.2 Å². The first-order valence-corrected chi connectivity index (χ1v) is 22.3. The maximum absolute atomic E-state index is 15.2. The van der Waals surface area contributed by atoms with E-state index in [1.165, 1.54) is 0 Å². The first-order valence-electron chi connectivity index (χ1n) is 18.0. The van der Waals surface area contributed by atoms with E-state index < -0.39 is 63.2 Å². The van der Waals surface area contributed by atoms with Crippen LogP contribution in [0.1, 0.15) is 104 Å². The van der Waals surface area contributed by atoms with Gasteiger partial charge >= 0.3 is 11.7 Å². The molecule has 11 heteroatoms. The quantitative estimate of drug-likeness (QED) is 0.0305. The maximum Gasteiger partial charge on any atom is 0.442 e. The molecular weight excluding hydrogens is 629 g/mol. The Kier molecular flexibility index (Phi) is 12.6. The van der Waals surface area contributed by atoms with Crippen molar-refractivity contribution in [1.82, 2.24) is 0 Å². The highest BCUT2D eigenvalue weighted by Crippen LogP contribution is 2.60. The van der Waals surface area contributed by atoms with Gasteiger partial charge in [-0.15, -0.1) is 0 Å². The Morgan fingerprint density at radius 2 is 1.26 bits per heavy atom. The Morgan fingerprint density at radius 3 is 1.70 bits per heavy atom. The molecule has 2 fully saturated rings. The van der Waals surface area contributed by atoms with E-state index >= 15 is 4.79 Å². The molecule has 1 saturated heterocycles. The summed E-state index contributed by atoms with van der Waals surface area (Å²) in [4.78, 5) is 31.9. The minimum absolute atomic E-state index is 0.0400. The van der Waals surface area contributed by atoms with E-state index in [0.717, 1.165) is 0 Å². The number of fused-ring (bicyclic) bond motifs is 1. The van der Waals surface area contributed by atoms with Gasteiger partial charge in [0, 0.05) is 31.0 Å². The number of hydrogen-bond donors (Lipinski definition) is 0. The van der Waals surface area contributed by atoms with Gasteiger partial charge in [0.25, 0.3) is 5.78 Å². The summed E-state index contributed by atoms with van der Waals surface area (Å²) in [5.41, 5.74) is 10.1. The molecule has 0 amide bonds. The van der Waals surface area contributed by atoms with Crippen LogP contribution in [-0.4, -0.2) is 76.7 Å². The molecule has 6 unspecified atom stereocenters. The van der Waals surface area contributed by atoms with Crippen molar-refractivity contribution < 1.29 is 37.4 Å². The zero-order valence-electron chi connectivity index (χ0n) is 31.9. The van der Waals surface area contributed by atoms with Gasteiger partial charge in [0.15, 0.2) is 22.4 Å². The van der Waals surface area contributed by atoms with Crippen molar-refractivity contribution >= 4 is 34.1 Å². The lowest BCUT2D eigenvalue weighted by molar-refractivity contribution is -0.164. The summed E-state index contributed by atoms with van der Waals surface area (Å²) in [5, 5.41) is 0. The van der Waals surface area contributed by atoms with Crippen molar-refractivity contribution in [1.29, 1.82) is 0 Å². The third-order valence-electron chi connectivity index (χ3n) is 11.9. The molecule has 0 radical (unpaired) electrons. The van der Waals surface area contributed by atoms with E-state index in [4.69, 9.17) is 23.1 Å². The van der Waals surface area contributed by atoms with Crippen LogP contribution in [0.5, 0.6) is 0 Å². The predicted octanol–water partition coefficient (Wildman–Crippen LogP) is 8.11. The molecule has 0 spiro atoms. The molecule has 6 atom stereocenters. The molecule has 9 nitrogen and oxygen atoms in total. The van der Waals surface area contributed by atoms with Crippen LogP contribution >= 0.6 is 0 Å². The number of carbonyl (C=O) groups is 2. The number of Topliss-reactive ketones (excluding diaryl/α,β-unsaturated/α-hetero) is 1. The van der Waals surface area contributed by atoms with Crippen LogP contribution in [0.25, 0.3) is 5.53 Å². The zero-order valence-corrected chi connectivity index (χ0v) is 33.9. The lowest BCUT2D eigenvalue weighted by Gasteiger charge is -2.58. The second kappa shape index (κ2) is 14.8. The summed E-state index contributed by atoms with van der Waals surface area (Å²) >= 11 is 0. The molecular formula is C36H64N2O7Si2. The highest BCUT2D eigenvalue weighted by molar-refractivity contribution is 6.78. The van der Waals surface area contributed by atoms with Crippen LogP contribution < -0.4 is 0 Å².